The van der Waals surface area contributed by atoms with Crippen LogP contribution in [0.3, 0.4) is 0 Å². The van der Waals surface area contributed by atoms with Gasteiger partial charge in [0, 0.05) is 32.7 Å². The molecule has 12 rings (SSSR count). The Labute approximate surface area is 367 Å². The van der Waals surface area contributed by atoms with E-state index in [4.69, 9.17) is 13.8 Å². The monoisotopic (exact) mass is 827 g/mol. The molecular weight excluding hydrogens is 783 g/mol. The summed E-state index contributed by atoms with van der Waals surface area (Å²) in [6, 6.07) is 61.7. The fraction of sp³-hybridized carbons (Fsp3) is 0.102. The minimum Gasteiger partial charge on any atom is -0.456 e. The minimum atomic E-state index is -1.64. The van der Waals surface area contributed by atoms with Gasteiger partial charge in [0.1, 0.15) is 22.3 Å². The van der Waals surface area contributed by atoms with Gasteiger partial charge in [-0.15, -0.1) is 0 Å². The molecule has 2 aromatic heterocycles. The molecule has 0 unspecified atom stereocenters. The summed E-state index contributed by atoms with van der Waals surface area (Å²) < 4.78 is 13.0. The van der Waals surface area contributed by atoms with Gasteiger partial charge >= 0.3 is 0 Å². The van der Waals surface area contributed by atoms with Gasteiger partial charge in [-0.25, -0.2) is 4.99 Å². The first-order valence-corrected chi connectivity index (χ1v) is 25.5. The summed E-state index contributed by atoms with van der Waals surface area (Å²) in [4.78, 5) is 5.79. The van der Waals surface area contributed by atoms with Gasteiger partial charge in [0.15, 0.2) is 0 Å². The molecule has 11 aromatic rings. The zero-order valence-corrected chi connectivity index (χ0v) is 37.1. The van der Waals surface area contributed by atoms with Crippen molar-refractivity contribution in [2.45, 2.75) is 39.9 Å². The second-order valence-corrected chi connectivity index (χ2v) is 23.4. The molecule has 302 valence electrons. The summed E-state index contributed by atoms with van der Waals surface area (Å²) >= 11 is 0. The average Bonchev–Trinajstić information content (AvgIpc) is 3.85. The first-order valence-electron chi connectivity index (χ1n) is 22.0. The van der Waals surface area contributed by atoms with Crippen molar-refractivity contribution in [2.24, 2.45) is 4.99 Å². The zero-order valence-electron chi connectivity index (χ0n) is 36.1. The maximum absolute atomic E-state index is 6.76. The highest BCUT2D eigenvalue weighted by molar-refractivity contribution is 6.88. The molecule has 63 heavy (non-hydrogen) atoms. The van der Waals surface area contributed by atoms with Crippen LogP contribution in [0.5, 0.6) is 0 Å². The van der Waals surface area contributed by atoms with Crippen molar-refractivity contribution >= 4 is 106 Å². The smallest absolute Gasteiger partial charge is 0.136 e. The molecule has 1 aliphatic rings. The minimum absolute atomic E-state index is 0.735. The third-order valence-corrected chi connectivity index (χ3v) is 15.5. The van der Waals surface area contributed by atoms with Gasteiger partial charge in [0.25, 0.3) is 0 Å². The number of hydrogen-bond donors (Lipinski definition) is 0. The molecule has 3 nitrogen and oxygen atoms in total. The van der Waals surface area contributed by atoms with Crippen molar-refractivity contribution in [3.8, 4) is 11.1 Å². The number of allylic oxidation sites excluding steroid dienone is 3. The van der Waals surface area contributed by atoms with Crippen molar-refractivity contribution in [3.63, 3.8) is 0 Å². The van der Waals surface area contributed by atoms with Crippen LogP contribution < -0.4 is 5.19 Å². The van der Waals surface area contributed by atoms with Gasteiger partial charge in [-0.05, 0) is 122 Å². The van der Waals surface area contributed by atoms with Crippen molar-refractivity contribution < 1.29 is 8.83 Å². The van der Waals surface area contributed by atoms with E-state index in [-0.39, 0.29) is 0 Å². The lowest BCUT2D eigenvalue weighted by Crippen LogP contribution is -2.37. The van der Waals surface area contributed by atoms with E-state index in [0.29, 0.717) is 0 Å². The standard InChI is InChI=1S/C59H45NO2Si/c1-35-31-49(48-23-14-26-55-57(48)56-41(22-13-25-54(56)62-55)37-28-30-53-51(33-37)47-21-10-11-24-52(47)61-53)36(2)59(38-15-12-16-40(32-38)63(3,4)5)60-58(35)39-27-29-46-44-19-7-6-17-42(44)43-18-8-9-20-45(43)50(46)34-39/h6-30,32-34H,31H2,1-5H3. The lowest BCUT2D eigenvalue weighted by Gasteiger charge is -2.19. The maximum atomic E-state index is 6.76. The van der Waals surface area contributed by atoms with E-state index in [0.717, 1.165) is 84.0 Å². The zero-order chi connectivity index (χ0) is 42.6. The summed E-state index contributed by atoms with van der Waals surface area (Å²) in [5.74, 6) is 0. The first kappa shape index (κ1) is 37.5. The number of hydrogen-bond acceptors (Lipinski definition) is 3. The van der Waals surface area contributed by atoms with Crippen LogP contribution in [0.4, 0.5) is 0 Å². The molecule has 0 saturated heterocycles. The predicted octanol–water partition coefficient (Wildman–Crippen LogP) is 16.3. The Morgan fingerprint density at radius 3 is 1.68 bits per heavy atom. The molecule has 1 aliphatic heterocycles. The number of rotatable bonds is 5. The molecule has 4 heteroatoms. The number of furan rings is 2. The van der Waals surface area contributed by atoms with Crippen molar-refractivity contribution in [2.75, 3.05) is 0 Å². The van der Waals surface area contributed by atoms with Crippen LogP contribution in [0, 0.1) is 0 Å². The fourth-order valence-electron chi connectivity index (χ4n) is 10.2. The highest BCUT2D eigenvalue weighted by Gasteiger charge is 2.26. The lowest BCUT2D eigenvalue weighted by molar-refractivity contribution is 0.669. The van der Waals surface area contributed by atoms with Gasteiger partial charge in [-0.1, -0.05) is 158 Å². The van der Waals surface area contributed by atoms with Gasteiger partial charge in [-0.3, -0.25) is 0 Å². The summed E-state index contributed by atoms with van der Waals surface area (Å²) in [5, 5.41) is 13.5. The van der Waals surface area contributed by atoms with E-state index in [2.05, 4.69) is 191 Å². The molecule has 0 saturated carbocycles. The van der Waals surface area contributed by atoms with Gasteiger partial charge in [-0.2, -0.15) is 0 Å². The van der Waals surface area contributed by atoms with Crippen molar-refractivity contribution in [3.05, 3.63) is 198 Å². The fourth-order valence-corrected chi connectivity index (χ4v) is 11.4. The van der Waals surface area contributed by atoms with Crippen LogP contribution in [0.2, 0.25) is 19.6 Å². The van der Waals surface area contributed by atoms with E-state index in [1.807, 2.05) is 12.1 Å². The molecule has 0 aliphatic carbocycles. The Balaban J connectivity index is 1.10. The highest BCUT2D eigenvalue weighted by Crippen LogP contribution is 2.45. The summed E-state index contributed by atoms with van der Waals surface area (Å²) in [6.45, 7) is 11.8. The van der Waals surface area contributed by atoms with E-state index in [1.54, 1.807) is 0 Å². The SMILES string of the molecule is CC1=C(c2ccc3c4ccccc4c4ccccc4c3c2)N=C(c2cccc([Si](C)(C)C)c2)C(C)=C(c2cccc3oc4cccc(-c5ccc6oc7ccccc7c6c5)c4c23)C1. The lowest BCUT2D eigenvalue weighted by atomic mass is 9.87. The largest absolute Gasteiger partial charge is 0.456 e. The summed E-state index contributed by atoms with van der Waals surface area (Å²) in [5.41, 5.74) is 15.0. The highest BCUT2D eigenvalue weighted by atomic mass is 28.3. The molecule has 0 bridgehead atoms. The molecule has 0 fully saturated rings. The van der Waals surface area contributed by atoms with Gasteiger partial charge < -0.3 is 8.83 Å². The molecule has 0 N–H and O–H groups in total. The Morgan fingerprint density at radius 2 is 0.968 bits per heavy atom. The Hall–Kier alpha value is -7.27. The van der Waals surface area contributed by atoms with Crippen LogP contribution in [0.1, 0.15) is 37.0 Å². The first-order chi connectivity index (χ1) is 30.7. The molecule has 0 atom stereocenters. The topological polar surface area (TPSA) is 38.6 Å². The van der Waals surface area contributed by atoms with Crippen LogP contribution >= 0.6 is 0 Å². The molecule has 0 amide bonds. The van der Waals surface area contributed by atoms with Crippen LogP contribution in [0.25, 0.3) is 98.6 Å². The molecule has 9 aromatic carbocycles. The Kier molecular flexibility index (Phi) is 8.41. The van der Waals surface area contributed by atoms with Crippen LogP contribution in [-0.4, -0.2) is 13.8 Å². The van der Waals surface area contributed by atoms with E-state index in [9.17, 15) is 0 Å². The summed E-state index contributed by atoms with van der Waals surface area (Å²) in [7, 11) is -1.64. The normalized spacial score (nSPS) is 14.0. The van der Waals surface area contributed by atoms with Crippen LogP contribution in [-0.2, 0) is 0 Å². The summed E-state index contributed by atoms with van der Waals surface area (Å²) in [6.07, 6.45) is 0.735. The number of nitrogens with zero attached hydrogens (tertiary/aromatic N) is 1. The van der Waals surface area contributed by atoms with E-state index >= 15 is 0 Å². The van der Waals surface area contributed by atoms with Crippen LogP contribution in [0.15, 0.2) is 195 Å². The quantitative estimate of drug-likeness (QED) is 0.128. The molecule has 3 heterocycles. The van der Waals surface area contributed by atoms with Gasteiger partial charge in [0.05, 0.1) is 19.5 Å². The average molecular weight is 828 g/mol. The number of fused-ring (bicyclic) bond motifs is 12. The van der Waals surface area contributed by atoms with E-state index < -0.39 is 8.07 Å². The second-order valence-electron chi connectivity index (χ2n) is 18.3. The maximum Gasteiger partial charge on any atom is 0.136 e. The number of para-hydroxylation sites is 1. The number of aliphatic imine (C=N–C) groups is 1. The predicted molar refractivity (Wildman–Crippen MR) is 271 cm³/mol. The van der Waals surface area contributed by atoms with Crippen molar-refractivity contribution in [1.82, 2.24) is 0 Å². The second kappa shape index (κ2) is 14.1. The number of benzene rings is 9. The molecule has 0 radical (unpaired) electrons. The Bertz CT molecular complexity index is 3790. The van der Waals surface area contributed by atoms with E-state index in [1.165, 1.54) is 59.8 Å². The third-order valence-electron chi connectivity index (χ3n) is 13.4. The van der Waals surface area contributed by atoms with Crippen molar-refractivity contribution in [1.29, 1.82) is 0 Å². The molecule has 0 spiro atoms. The molecular formula is C59H45NO2Si. The third kappa shape index (κ3) is 5.96. The Morgan fingerprint density at radius 1 is 0.429 bits per heavy atom. The van der Waals surface area contributed by atoms with Gasteiger partial charge in [0.2, 0.25) is 0 Å².